The Labute approximate surface area is 200 Å². The molecule has 8 heteroatoms. The number of hydrogen-bond acceptors (Lipinski definition) is 5. The number of nitrogens with zero attached hydrogens (tertiary/aromatic N) is 2. The molecular weight excluding hydrogens is 456 g/mol. The largest absolute Gasteiger partial charge is 0.371 e. The van der Waals surface area contributed by atoms with Gasteiger partial charge in [0.25, 0.3) is 5.91 Å². The molecule has 2 aliphatic rings. The zero-order valence-electron chi connectivity index (χ0n) is 18.5. The number of hydrogen-bond donors (Lipinski definition) is 1. The number of amides is 1. The number of aromatic nitrogens is 1. The molecule has 3 atom stereocenters. The smallest absolute Gasteiger partial charge is 0.257 e. The summed E-state index contributed by atoms with van der Waals surface area (Å²) in [4.78, 5) is 21.9. The van der Waals surface area contributed by atoms with Crippen LogP contribution in [-0.4, -0.2) is 28.4 Å². The predicted octanol–water partition coefficient (Wildman–Crippen LogP) is 5.17. The van der Waals surface area contributed by atoms with Crippen molar-refractivity contribution in [3.63, 3.8) is 0 Å². The molecule has 1 saturated heterocycles. The third-order valence-electron chi connectivity index (χ3n) is 6.36. The van der Waals surface area contributed by atoms with Crippen LogP contribution in [0.4, 0.5) is 8.78 Å². The molecule has 5 rings (SSSR count). The summed E-state index contributed by atoms with van der Waals surface area (Å²) >= 11 is 1.42. The normalized spacial score (nSPS) is 24.1. The van der Waals surface area contributed by atoms with Crippen LogP contribution in [0.25, 0.3) is 0 Å². The average Bonchev–Trinajstić information content (AvgIpc) is 2.84. The Bertz CT molecular complexity index is 1240. The molecule has 1 aromatic heterocycles. The van der Waals surface area contributed by atoms with E-state index < -0.39 is 17.2 Å². The minimum atomic E-state index is -1.07. The van der Waals surface area contributed by atoms with Gasteiger partial charge in [-0.1, -0.05) is 42.1 Å². The summed E-state index contributed by atoms with van der Waals surface area (Å²) in [6.45, 7) is 2.02. The maximum Gasteiger partial charge on any atom is 0.257 e. The van der Waals surface area contributed by atoms with Crippen molar-refractivity contribution in [1.82, 2.24) is 10.3 Å². The van der Waals surface area contributed by atoms with Gasteiger partial charge in [0, 0.05) is 40.8 Å². The maximum atomic E-state index is 15.1. The van der Waals surface area contributed by atoms with E-state index in [2.05, 4.69) is 10.3 Å². The van der Waals surface area contributed by atoms with Crippen molar-refractivity contribution < 1.29 is 18.3 Å². The van der Waals surface area contributed by atoms with E-state index in [1.807, 2.05) is 25.1 Å². The van der Waals surface area contributed by atoms with Gasteiger partial charge in [0.05, 0.1) is 12.7 Å². The van der Waals surface area contributed by atoms with Crippen LogP contribution in [0.1, 0.15) is 39.7 Å². The van der Waals surface area contributed by atoms with Crippen molar-refractivity contribution in [3.8, 4) is 0 Å². The fraction of sp³-hybridized carbons (Fsp3) is 0.269. The molecule has 1 fully saturated rings. The van der Waals surface area contributed by atoms with E-state index in [1.54, 1.807) is 30.5 Å². The third-order valence-corrected chi connectivity index (χ3v) is 7.40. The molecule has 0 bridgehead atoms. The van der Waals surface area contributed by atoms with Crippen LogP contribution in [0.5, 0.6) is 0 Å². The van der Waals surface area contributed by atoms with Gasteiger partial charge in [-0.3, -0.25) is 9.78 Å². The number of carbonyl (C=O) groups is 1. The molecule has 1 amide bonds. The summed E-state index contributed by atoms with van der Waals surface area (Å²) in [6, 6.07) is 16.3. The number of pyridine rings is 1. The number of aliphatic imine (C=N–C) groups is 1. The number of ether oxygens (including phenoxy) is 1. The minimum Gasteiger partial charge on any atom is -0.371 e. The van der Waals surface area contributed by atoms with E-state index in [0.717, 1.165) is 17.3 Å². The van der Waals surface area contributed by atoms with Crippen LogP contribution in [0.15, 0.2) is 71.9 Å². The molecule has 0 aliphatic carbocycles. The Morgan fingerprint density at radius 1 is 1.15 bits per heavy atom. The fourth-order valence-electron chi connectivity index (χ4n) is 4.51. The topological polar surface area (TPSA) is 63.6 Å². The quantitative estimate of drug-likeness (QED) is 0.563. The summed E-state index contributed by atoms with van der Waals surface area (Å²) < 4.78 is 35.0. The van der Waals surface area contributed by atoms with Gasteiger partial charge in [-0.25, -0.2) is 13.8 Å². The molecule has 0 unspecified atom stereocenters. The minimum absolute atomic E-state index is 0.0881. The van der Waals surface area contributed by atoms with Gasteiger partial charge in [-0.2, -0.15) is 0 Å². The van der Waals surface area contributed by atoms with Crippen molar-refractivity contribution in [2.75, 3.05) is 12.4 Å². The molecular formula is C26H23F2N3O2S. The van der Waals surface area contributed by atoms with Gasteiger partial charge in [0.2, 0.25) is 0 Å². The first-order valence-corrected chi connectivity index (χ1v) is 12.0. The van der Waals surface area contributed by atoms with Crippen LogP contribution in [0.2, 0.25) is 0 Å². The first-order chi connectivity index (χ1) is 16.4. The van der Waals surface area contributed by atoms with E-state index in [0.29, 0.717) is 22.9 Å². The number of thioether (sulfide) groups is 1. The Kier molecular flexibility index (Phi) is 6.18. The molecule has 34 heavy (non-hydrogen) atoms. The lowest BCUT2D eigenvalue weighted by atomic mass is 9.74. The predicted molar refractivity (Wildman–Crippen MR) is 128 cm³/mol. The lowest BCUT2D eigenvalue weighted by Crippen LogP contribution is -2.49. The number of fused-ring (bicyclic) bond motifs is 1. The highest BCUT2D eigenvalue weighted by Crippen LogP contribution is 2.49. The number of aryl methyl sites for hydroxylation is 1. The van der Waals surface area contributed by atoms with Gasteiger partial charge >= 0.3 is 0 Å². The molecule has 0 radical (unpaired) electrons. The molecule has 0 spiro atoms. The second-order valence-electron chi connectivity index (χ2n) is 8.56. The number of amidine groups is 1. The molecule has 174 valence electrons. The van der Waals surface area contributed by atoms with E-state index in [4.69, 9.17) is 9.73 Å². The average molecular weight is 480 g/mol. The highest BCUT2D eigenvalue weighted by molar-refractivity contribution is 8.13. The van der Waals surface area contributed by atoms with E-state index in [-0.39, 0.29) is 30.1 Å². The lowest BCUT2D eigenvalue weighted by Gasteiger charge is -2.46. The Morgan fingerprint density at radius 2 is 1.97 bits per heavy atom. The number of rotatable bonds is 3. The first-order valence-electron chi connectivity index (χ1n) is 11.0. The Hall–Kier alpha value is -3.10. The molecule has 0 saturated carbocycles. The summed E-state index contributed by atoms with van der Waals surface area (Å²) in [7, 11) is 0. The summed E-state index contributed by atoms with van der Waals surface area (Å²) in [6.07, 6.45) is 2.19. The van der Waals surface area contributed by atoms with Crippen molar-refractivity contribution in [1.29, 1.82) is 0 Å². The van der Waals surface area contributed by atoms with Crippen molar-refractivity contribution in [3.05, 3.63) is 101 Å². The van der Waals surface area contributed by atoms with Crippen molar-refractivity contribution >= 4 is 22.8 Å². The Morgan fingerprint density at radius 3 is 2.71 bits per heavy atom. The fourth-order valence-corrected chi connectivity index (χ4v) is 5.68. The maximum absolute atomic E-state index is 15.1. The number of benzene rings is 2. The van der Waals surface area contributed by atoms with Crippen LogP contribution in [0, 0.1) is 24.5 Å². The molecule has 1 N–H and O–H groups in total. The zero-order chi connectivity index (χ0) is 23.7. The van der Waals surface area contributed by atoms with Crippen LogP contribution < -0.4 is 5.32 Å². The number of carbonyl (C=O) groups excluding carboxylic acids is 1. The van der Waals surface area contributed by atoms with Gasteiger partial charge < -0.3 is 10.1 Å². The lowest BCUT2D eigenvalue weighted by molar-refractivity contribution is -0.0589. The third kappa shape index (κ3) is 4.35. The van der Waals surface area contributed by atoms with E-state index >= 15 is 4.39 Å². The molecule has 3 aromatic rings. The van der Waals surface area contributed by atoms with Crippen LogP contribution in [-0.2, 0) is 10.3 Å². The van der Waals surface area contributed by atoms with E-state index in [1.165, 1.54) is 23.9 Å². The summed E-state index contributed by atoms with van der Waals surface area (Å²) in [5.74, 6) is -1.10. The second kappa shape index (κ2) is 9.27. The van der Waals surface area contributed by atoms with E-state index in [9.17, 15) is 9.18 Å². The highest BCUT2D eigenvalue weighted by atomic mass is 32.2. The van der Waals surface area contributed by atoms with Gasteiger partial charge in [0.1, 0.15) is 17.2 Å². The van der Waals surface area contributed by atoms with Gasteiger partial charge in [-0.05, 0) is 43.2 Å². The molecule has 5 nitrogen and oxygen atoms in total. The summed E-state index contributed by atoms with van der Waals surface area (Å²) in [5.41, 5.74) is 1.57. The SMILES string of the molecule is Cc1ccc([C@H]2C[C@H]3CSC(NC(=O)c4ccccc4)=N[C@@]3(c3ccc(F)cc3F)CO2)cn1. The number of nitrogens with one attached hydrogen (secondary N) is 1. The Balaban J connectivity index is 1.49. The van der Waals surface area contributed by atoms with Crippen LogP contribution >= 0.6 is 11.8 Å². The standard InChI is InChI=1S/C26H23F2N3O2S/c1-16-7-8-18(13-29-16)23-11-19-14-34-25(30-24(32)17-5-3-2-4-6-17)31-26(19,15-33-23)21-10-9-20(27)12-22(21)28/h2-10,12-13,19,23H,11,14-15H2,1H3,(H,30,31,32)/t19-,23+,26-/m0/s1. The van der Waals surface area contributed by atoms with Gasteiger partial charge in [-0.15, -0.1) is 0 Å². The number of halogens is 2. The summed E-state index contributed by atoms with van der Waals surface area (Å²) in [5, 5.41) is 3.25. The molecule has 3 heterocycles. The molecule has 2 aliphatic heterocycles. The zero-order valence-corrected chi connectivity index (χ0v) is 19.3. The van der Waals surface area contributed by atoms with Crippen LogP contribution in [0.3, 0.4) is 0 Å². The van der Waals surface area contributed by atoms with Gasteiger partial charge in [0.15, 0.2) is 5.17 Å². The monoisotopic (exact) mass is 479 g/mol. The van der Waals surface area contributed by atoms with Crippen molar-refractivity contribution in [2.45, 2.75) is 25.0 Å². The highest BCUT2D eigenvalue weighted by Gasteiger charge is 2.50. The van der Waals surface area contributed by atoms with Crippen molar-refractivity contribution in [2.24, 2.45) is 10.9 Å². The first kappa shape index (κ1) is 22.7. The molecule has 2 aromatic carbocycles. The second-order valence-corrected chi connectivity index (χ2v) is 9.57.